The summed E-state index contributed by atoms with van der Waals surface area (Å²) < 4.78 is 42.3. The summed E-state index contributed by atoms with van der Waals surface area (Å²) in [6.07, 6.45) is -0.995. The predicted molar refractivity (Wildman–Crippen MR) is 213 cm³/mol. The number of ether oxygens (including phenoxy) is 4. The Morgan fingerprint density at radius 3 is 2.07 bits per heavy atom. The minimum Gasteiger partial charge on any atom is -0.497 e. The maximum atomic E-state index is 12.3. The van der Waals surface area contributed by atoms with E-state index in [1.54, 1.807) is 18.9 Å². The van der Waals surface area contributed by atoms with Crippen LogP contribution in [0.1, 0.15) is 81.3 Å². The lowest BCUT2D eigenvalue weighted by Gasteiger charge is -2.39. The number of hydrogen-bond donors (Lipinski definition) is 1. The average Bonchev–Trinajstić information content (AvgIpc) is 3.73. The van der Waals surface area contributed by atoms with Crippen molar-refractivity contribution in [3.63, 3.8) is 0 Å². The van der Waals surface area contributed by atoms with Gasteiger partial charge < -0.3 is 33.1 Å². The Bertz CT molecular complexity index is 1900. The van der Waals surface area contributed by atoms with E-state index in [2.05, 4.69) is 60.6 Å². The Morgan fingerprint density at radius 1 is 0.911 bits per heavy atom. The maximum Gasteiger partial charge on any atom is 0.259 e. The topological polar surface area (TPSA) is 133 Å². The largest absolute Gasteiger partial charge is 0.497 e. The summed E-state index contributed by atoms with van der Waals surface area (Å²) in [7, 11) is 1.52. The molecule has 0 saturated carbocycles. The summed E-state index contributed by atoms with van der Waals surface area (Å²) in [6, 6.07) is 27.9. The molecule has 0 spiro atoms. The fourth-order valence-corrected chi connectivity index (χ4v) is 9.18. The molecule has 1 aliphatic heterocycles. The van der Waals surface area contributed by atoms with Gasteiger partial charge in [0.25, 0.3) is 8.53 Å². The first-order valence-electron chi connectivity index (χ1n) is 19.2. The lowest BCUT2D eigenvalue weighted by Crippen LogP contribution is -2.42. The van der Waals surface area contributed by atoms with E-state index in [1.807, 2.05) is 78.9 Å². The van der Waals surface area contributed by atoms with Gasteiger partial charge in [-0.2, -0.15) is 5.26 Å². The molecule has 56 heavy (non-hydrogen) atoms. The Morgan fingerprint density at radius 2 is 1.50 bits per heavy atom. The SMILES string of the molecule is COc1ccc(C(OC[C@H]2O[C@@H](n3nnc4c3CCC#CCC4)[C@H](O)[C@@H]2OP(OCCC#N)N(C(C)C)C(C)C)(c2ccccc2)c2ccc(OC)cc2)cc1. The van der Waals surface area contributed by atoms with Crippen LogP contribution in [0, 0.1) is 23.2 Å². The molecule has 5 atom stereocenters. The van der Waals surface area contributed by atoms with Crippen molar-refractivity contribution in [2.45, 2.75) is 102 Å². The van der Waals surface area contributed by atoms with E-state index in [1.165, 1.54) is 0 Å². The number of aliphatic hydroxyl groups excluding tert-OH is 1. The highest BCUT2D eigenvalue weighted by Crippen LogP contribution is 2.51. The molecule has 296 valence electrons. The molecule has 12 nitrogen and oxygen atoms in total. The number of aromatic nitrogens is 3. The number of fused-ring (bicyclic) bond motifs is 1. The van der Waals surface area contributed by atoms with Gasteiger partial charge in [-0.15, -0.1) is 16.9 Å². The van der Waals surface area contributed by atoms with Crippen LogP contribution in [0.25, 0.3) is 0 Å². The molecule has 1 fully saturated rings. The second-order valence-electron chi connectivity index (χ2n) is 14.3. The highest BCUT2D eigenvalue weighted by Gasteiger charge is 2.51. The lowest BCUT2D eigenvalue weighted by atomic mass is 9.80. The molecule has 1 N–H and O–H groups in total. The molecule has 2 heterocycles. The number of aliphatic hydroxyl groups is 1. The third-order valence-corrected chi connectivity index (χ3v) is 12.2. The molecule has 1 aliphatic carbocycles. The van der Waals surface area contributed by atoms with E-state index in [0.29, 0.717) is 37.2 Å². The van der Waals surface area contributed by atoms with Crippen molar-refractivity contribution in [2.24, 2.45) is 0 Å². The van der Waals surface area contributed by atoms with Crippen LogP contribution in [0.5, 0.6) is 11.5 Å². The summed E-state index contributed by atoms with van der Waals surface area (Å²) >= 11 is 0. The van der Waals surface area contributed by atoms with Crippen LogP contribution in [-0.2, 0) is 37.0 Å². The maximum absolute atomic E-state index is 12.3. The molecule has 4 aromatic rings. The van der Waals surface area contributed by atoms with Crippen molar-refractivity contribution >= 4 is 8.53 Å². The molecule has 13 heteroatoms. The van der Waals surface area contributed by atoms with E-state index >= 15 is 0 Å². The van der Waals surface area contributed by atoms with Crippen LogP contribution >= 0.6 is 8.53 Å². The molecule has 1 saturated heterocycles. The molecule has 0 radical (unpaired) electrons. The quantitative estimate of drug-likeness (QED) is 0.0509. The Labute approximate surface area is 331 Å². The number of rotatable bonds is 17. The highest BCUT2D eigenvalue weighted by molar-refractivity contribution is 7.44. The van der Waals surface area contributed by atoms with Crippen LogP contribution in [0.4, 0.5) is 0 Å². The second kappa shape index (κ2) is 19.2. The molecular weight excluding hydrogens is 729 g/mol. The number of hydrogen-bond acceptors (Lipinski definition) is 11. The first-order chi connectivity index (χ1) is 27.2. The molecule has 6 rings (SSSR count). The second-order valence-corrected chi connectivity index (χ2v) is 15.7. The van der Waals surface area contributed by atoms with Gasteiger partial charge in [0, 0.05) is 37.8 Å². The van der Waals surface area contributed by atoms with Crippen molar-refractivity contribution in [1.29, 1.82) is 5.26 Å². The smallest absolute Gasteiger partial charge is 0.259 e. The van der Waals surface area contributed by atoms with Gasteiger partial charge in [0.1, 0.15) is 35.4 Å². The zero-order valence-corrected chi connectivity index (χ0v) is 33.9. The van der Waals surface area contributed by atoms with E-state index in [-0.39, 0.29) is 31.7 Å². The van der Waals surface area contributed by atoms with Crippen molar-refractivity contribution in [3.8, 4) is 29.4 Å². The van der Waals surface area contributed by atoms with Crippen LogP contribution in [0.3, 0.4) is 0 Å². The first-order valence-corrected chi connectivity index (χ1v) is 20.3. The lowest BCUT2D eigenvalue weighted by molar-refractivity contribution is -0.0972. The highest BCUT2D eigenvalue weighted by atomic mass is 31.2. The van der Waals surface area contributed by atoms with Crippen molar-refractivity contribution in [1.82, 2.24) is 19.7 Å². The van der Waals surface area contributed by atoms with Gasteiger partial charge in [0.15, 0.2) is 6.23 Å². The summed E-state index contributed by atoms with van der Waals surface area (Å²) in [5.41, 5.74) is 3.18. The van der Waals surface area contributed by atoms with E-state index in [9.17, 15) is 10.4 Å². The first kappa shape index (κ1) is 41.3. The summed E-state index contributed by atoms with van der Waals surface area (Å²) in [6.45, 7) is 8.47. The summed E-state index contributed by atoms with van der Waals surface area (Å²) in [4.78, 5) is 0. The van der Waals surface area contributed by atoms with Crippen LogP contribution < -0.4 is 9.47 Å². The molecular formula is C43H52N5O7P. The standard InChI is InChI=1S/C43H52N5O7P/c1-30(2)48(31(3)4)56(53-28-14-27-44)55-41-39(54-42(40(41)49)47-38-18-13-8-7-12-17-37(38)45-46-47)29-52-43(32-15-10-9-11-16-32,33-19-23-35(50-5)24-20-33)34-21-25-36(51-6)26-22-34/h9-11,15-16,19-26,30-31,39-42,49H,12-14,17-18,28-29H2,1-6H3/t39-,40-,41-,42-,56?/m1/s1. The van der Waals surface area contributed by atoms with Gasteiger partial charge in [0.05, 0.1) is 51.3 Å². The molecule has 0 amide bonds. The van der Waals surface area contributed by atoms with Gasteiger partial charge in [-0.1, -0.05) is 59.8 Å². The predicted octanol–water partition coefficient (Wildman–Crippen LogP) is 7.11. The van der Waals surface area contributed by atoms with Gasteiger partial charge in [0.2, 0.25) is 0 Å². The molecule has 1 unspecified atom stereocenters. The zero-order valence-electron chi connectivity index (χ0n) is 33.0. The fraction of sp³-hybridized carbons (Fsp3) is 0.465. The number of nitrogens with zero attached hydrogens (tertiary/aromatic N) is 5. The number of nitriles is 1. The average molecular weight is 782 g/mol. The minimum absolute atomic E-state index is 0.00172. The van der Waals surface area contributed by atoms with Crippen LogP contribution in [-0.4, -0.2) is 82.6 Å². The van der Waals surface area contributed by atoms with Crippen molar-refractivity contribution in [2.75, 3.05) is 27.4 Å². The number of aryl methyl sites for hydroxylation is 1. The molecule has 3 aromatic carbocycles. The van der Waals surface area contributed by atoms with Gasteiger partial charge in [-0.25, -0.2) is 9.35 Å². The Kier molecular flexibility index (Phi) is 14.1. The van der Waals surface area contributed by atoms with Crippen molar-refractivity contribution < 1.29 is 33.1 Å². The Balaban J connectivity index is 1.44. The van der Waals surface area contributed by atoms with E-state index in [0.717, 1.165) is 28.1 Å². The van der Waals surface area contributed by atoms with Crippen LogP contribution in [0.2, 0.25) is 0 Å². The molecule has 2 aliphatic rings. The van der Waals surface area contributed by atoms with E-state index in [4.69, 9.17) is 28.0 Å². The van der Waals surface area contributed by atoms with Gasteiger partial charge in [-0.3, -0.25) is 0 Å². The van der Waals surface area contributed by atoms with Gasteiger partial charge >= 0.3 is 0 Å². The minimum atomic E-state index is -1.76. The normalized spacial score (nSPS) is 20.2. The monoisotopic (exact) mass is 781 g/mol. The van der Waals surface area contributed by atoms with E-state index < -0.39 is 38.7 Å². The van der Waals surface area contributed by atoms with Gasteiger partial charge in [-0.05, 0) is 68.7 Å². The number of methoxy groups -OCH3 is 2. The molecule has 0 bridgehead atoms. The third kappa shape index (κ3) is 8.94. The fourth-order valence-electron chi connectivity index (χ4n) is 7.41. The van der Waals surface area contributed by atoms with Crippen molar-refractivity contribution in [3.05, 3.63) is 107 Å². The molecule has 1 aromatic heterocycles. The summed E-state index contributed by atoms with van der Waals surface area (Å²) in [5, 5.41) is 30.7. The van der Waals surface area contributed by atoms with Crippen LogP contribution in [0.15, 0.2) is 78.9 Å². The third-order valence-electron chi connectivity index (χ3n) is 10.0. The summed E-state index contributed by atoms with van der Waals surface area (Å²) in [5.74, 6) is 7.83. The Hall–Kier alpha value is -4.36. The zero-order chi connectivity index (χ0) is 39.7. The number of benzene rings is 3.